The lowest BCUT2D eigenvalue weighted by Gasteiger charge is -2.29. The van der Waals surface area contributed by atoms with Crippen molar-refractivity contribution < 1.29 is 0 Å². The second-order valence-corrected chi connectivity index (χ2v) is 4.49. The molecule has 1 saturated heterocycles. The summed E-state index contributed by atoms with van der Waals surface area (Å²) in [6, 6.07) is 0.0788. The Kier molecular flexibility index (Phi) is 2.62. The first kappa shape index (κ1) is 9.12. The fraction of sp³-hybridized carbons (Fsp3) is 0.667. The topological polar surface area (TPSA) is 42.1 Å². The summed E-state index contributed by atoms with van der Waals surface area (Å²) in [4.78, 5) is 6.89. The lowest BCUT2D eigenvalue weighted by molar-refractivity contribution is 0.170. The first-order valence-corrected chi connectivity index (χ1v) is 5.56. The Labute approximate surface area is 82.6 Å². The number of aromatic nitrogens is 1. The van der Waals surface area contributed by atoms with Crippen molar-refractivity contribution in [2.24, 2.45) is 5.73 Å². The van der Waals surface area contributed by atoms with Crippen molar-refractivity contribution in [2.75, 3.05) is 13.1 Å². The lowest BCUT2D eigenvalue weighted by atomic mass is 10.2. The van der Waals surface area contributed by atoms with Gasteiger partial charge in [0.2, 0.25) is 0 Å². The van der Waals surface area contributed by atoms with Gasteiger partial charge in [0, 0.05) is 11.9 Å². The molecule has 1 aliphatic rings. The van der Waals surface area contributed by atoms with Crippen molar-refractivity contribution in [1.82, 2.24) is 9.88 Å². The minimum Gasteiger partial charge on any atom is -0.322 e. The van der Waals surface area contributed by atoms with Crippen LogP contribution in [0.2, 0.25) is 0 Å². The average Bonchev–Trinajstić information content (AvgIpc) is 2.44. The highest BCUT2D eigenvalue weighted by Crippen LogP contribution is 2.18. The highest BCUT2D eigenvalue weighted by Gasteiger charge is 2.15. The van der Waals surface area contributed by atoms with Crippen LogP contribution in [0.5, 0.6) is 0 Å². The molecule has 1 aromatic heterocycles. The van der Waals surface area contributed by atoms with Gasteiger partial charge in [0.05, 0.1) is 11.7 Å². The van der Waals surface area contributed by atoms with E-state index < -0.39 is 0 Å². The molecule has 0 aliphatic carbocycles. The highest BCUT2D eigenvalue weighted by molar-refractivity contribution is 7.09. The van der Waals surface area contributed by atoms with Gasteiger partial charge in [-0.15, -0.1) is 11.3 Å². The molecule has 1 unspecified atom stereocenters. The number of thiazole rings is 1. The summed E-state index contributed by atoms with van der Waals surface area (Å²) in [6.07, 6.45) is 1.34. The third kappa shape index (κ3) is 2.07. The van der Waals surface area contributed by atoms with Gasteiger partial charge in [-0.25, -0.2) is 4.98 Å². The van der Waals surface area contributed by atoms with Crippen LogP contribution in [0.3, 0.4) is 0 Å². The summed E-state index contributed by atoms with van der Waals surface area (Å²) in [5, 5.41) is 3.17. The number of rotatable bonds is 3. The van der Waals surface area contributed by atoms with Crippen LogP contribution in [0, 0.1) is 0 Å². The summed E-state index contributed by atoms with van der Waals surface area (Å²) in [5.74, 6) is 0. The molecule has 2 heterocycles. The summed E-state index contributed by atoms with van der Waals surface area (Å²) in [7, 11) is 0. The quantitative estimate of drug-likeness (QED) is 0.795. The lowest BCUT2D eigenvalue weighted by Crippen LogP contribution is -2.36. The van der Waals surface area contributed by atoms with Crippen molar-refractivity contribution in [1.29, 1.82) is 0 Å². The van der Waals surface area contributed by atoms with Gasteiger partial charge in [-0.2, -0.15) is 0 Å². The molecule has 4 heteroatoms. The number of nitrogens with two attached hydrogens (primary N) is 1. The van der Waals surface area contributed by atoms with Crippen LogP contribution in [-0.2, 0) is 6.54 Å². The molecular weight excluding hydrogens is 182 g/mol. The predicted molar refractivity (Wildman–Crippen MR) is 54.6 cm³/mol. The van der Waals surface area contributed by atoms with Gasteiger partial charge >= 0.3 is 0 Å². The van der Waals surface area contributed by atoms with Crippen LogP contribution in [0.1, 0.15) is 30.1 Å². The van der Waals surface area contributed by atoms with E-state index in [2.05, 4.69) is 15.3 Å². The van der Waals surface area contributed by atoms with E-state index in [1.54, 1.807) is 11.3 Å². The predicted octanol–water partition coefficient (Wildman–Crippen LogP) is 1.37. The number of nitrogens with zero attached hydrogens (tertiary/aromatic N) is 2. The van der Waals surface area contributed by atoms with E-state index in [1.807, 2.05) is 6.92 Å². The molecule has 2 N–H and O–H groups in total. The first-order valence-electron chi connectivity index (χ1n) is 4.68. The van der Waals surface area contributed by atoms with Gasteiger partial charge in [-0.05, 0) is 26.4 Å². The van der Waals surface area contributed by atoms with Gasteiger partial charge in [-0.3, -0.25) is 4.90 Å². The van der Waals surface area contributed by atoms with Crippen LogP contribution >= 0.6 is 11.3 Å². The molecule has 1 aliphatic heterocycles. The molecule has 13 heavy (non-hydrogen) atoms. The normalized spacial score (nSPS) is 19.8. The number of likely N-dealkylation sites (tertiary alicyclic amines) is 1. The van der Waals surface area contributed by atoms with Crippen molar-refractivity contribution in [3.8, 4) is 0 Å². The fourth-order valence-electron chi connectivity index (χ4n) is 1.37. The smallest absolute Gasteiger partial charge is 0.109 e. The monoisotopic (exact) mass is 197 g/mol. The summed E-state index contributed by atoms with van der Waals surface area (Å²) < 4.78 is 0. The van der Waals surface area contributed by atoms with Crippen LogP contribution in [-0.4, -0.2) is 23.0 Å². The van der Waals surface area contributed by atoms with Crippen LogP contribution in [0.15, 0.2) is 5.38 Å². The van der Waals surface area contributed by atoms with Crippen LogP contribution in [0.4, 0.5) is 0 Å². The molecule has 1 atom stereocenters. The van der Waals surface area contributed by atoms with Gasteiger partial charge in [-0.1, -0.05) is 0 Å². The SMILES string of the molecule is CC(N)c1nc(CN2CCC2)cs1. The molecule has 0 spiro atoms. The second kappa shape index (κ2) is 3.74. The Bertz CT molecular complexity index is 278. The Balaban J connectivity index is 1.96. The number of hydrogen-bond acceptors (Lipinski definition) is 4. The number of hydrogen-bond donors (Lipinski definition) is 1. The van der Waals surface area contributed by atoms with E-state index in [-0.39, 0.29) is 6.04 Å². The van der Waals surface area contributed by atoms with Crippen molar-refractivity contribution in [3.63, 3.8) is 0 Å². The zero-order valence-electron chi connectivity index (χ0n) is 7.86. The minimum atomic E-state index is 0.0788. The molecule has 0 radical (unpaired) electrons. The van der Waals surface area contributed by atoms with E-state index in [0.717, 1.165) is 11.6 Å². The summed E-state index contributed by atoms with van der Waals surface area (Å²) in [6.45, 7) is 5.44. The van der Waals surface area contributed by atoms with Crippen LogP contribution in [0.25, 0.3) is 0 Å². The molecule has 72 valence electrons. The van der Waals surface area contributed by atoms with Crippen molar-refractivity contribution in [3.05, 3.63) is 16.1 Å². The van der Waals surface area contributed by atoms with Gasteiger partial charge < -0.3 is 5.73 Å². The molecule has 1 aromatic rings. The molecule has 1 fully saturated rings. The van der Waals surface area contributed by atoms with E-state index in [4.69, 9.17) is 5.73 Å². The molecule has 2 rings (SSSR count). The Hall–Kier alpha value is -0.450. The Morgan fingerprint density at radius 1 is 1.69 bits per heavy atom. The van der Waals surface area contributed by atoms with Gasteiger partial charge in [0.1, 0.15) is 5.01 Å². The van der Waals surface area contributed by atoms with Crippen molar-refractivity contribution >= 4 is 11.3 Å². The van der Waals surface area contributed by atoms with E-state index in [1.165, 1.54) is 25.2 Å². The molecular formula is C9H15N3S. The standard InChI is InChI=1S/C9H15N3S/c1-7(10)9-11-8(6-13-9)5-12-3-2-4-12/h6-7H,2-5,10H2,1H3. The zero-order chi connectivity index (χ0) is 9.26. The fourth-order valence-corrected chi connectivity index (χ4v) is 2.14. The largest absolute Gasteiger partial charge is 0.322 e. The molecule has 0 amide bonds. The van der Waals surface area contributed by atoms with Gasteiger partial charge in [0.25, 0.3) is 0 Å². The second-order valence-electron chi connectivity index (χ2n) is 3.60. The molecule has 0 bridgehead atoms. The maximum Gasteiger partial charge on any atom is 0.109 e. The summed E-state index contributed by atoms with van der Waals surface area (Å²) in [5.41, 5.74) is 6.92. The van der Waals surface area contributed by atoms with E-state index in [0.29, 0.717) is 0 Å². The van der Waals surface area contributed by atoms with E-state index >= 15 is 0 Å². The Morgan fingerprint density at radius 3 is 2.92 bits per heavy atom. The third-order valence-corrected chi connectivity index (χ3v) is 3.39. The summed E-state index contributed by atoms with van der Waals surface area (Å²) >= 11 is 1.67. The first-order chi connectivity index (χ1) is 6.25. The zero-order valence-corrected chi connectivity index (χ0v) is 8.68. The maximum absolute atomic E-state index is 5.74. The maximum atomic E-state index is 5.74. The van der Waals surface area contributed by atoms with Gasteiger partial charge in [0.15, 0.2) is 0 Å². The molecule has 0 saturated carbocycles. The molecule has 0 aromatic carbocycles. The highest BCUT2D eigenvalue weighted by atomic mass is 32.1. The van der Waals surface area contributed by atoms with Crippen LogP contribution < -0.4 is 5.73 Å². The van der Waals surface area contributed by atoms with E-state index in [9.17, 15) is 0 Å². The minimum absolute atomic E-state index is 0.0788. The third-order valence-electron chi connectivity index (χ3n) is 2.29. The molecule has 3 nitrogen and oxygen atoms in total. The van der Waals surface area contributed by atoms with Crippen molar-refractivity contribution in [2.45, 2.75) is 25.9 Å². The Morgan fingerprint density at radius 2 is 2.46 bits per heavy atom. The average molecular weight is 197 g/mol.